The number of rotatable bonds is 5. The zero-order valence-corrected chi connectivity index (χ0v) is 17.5. The van der Waals surface area contributed by atoms with Gasteiger partial charge in [-0.25, -0.2) is 9.50 Å². The summed E-state index contributed by atoms with van der Waals surface area (Å²) in [7, 11) is 1.78. The molecule has 0 N–H and O–H groups in total. The Labute approximate surface area is 174 Å². The van der Waals surface area contributed by atoms with E-state index in [4.69, 9.17) is 4.74 Å². The second kappa shape index (κ2) is 8.22. The van der Waals surface area contributed by atoms with E-state index in [0.717, 1.165) is 30.5 Å². The SMILES string of the molecule is Cc1nc2ncnn2c(C)c1CC(=O)OCC(=O)N(C)[C@H]1CCCc2ccccc21. The molecule has 1 atom stereocenters. The van der Waals surface area contributed by atoms with Gasteiger partial charge in [-0.15, -0.1) is 0 Å². The molecule has 8 nitrogen and oxygen atoms in total. The van der Waals surface area contributed by atoms with Crippen molar-refractivity contribution in [3.8, 4) is 0 Å². The highest BCUT2D eigenvalue weighted by Gasteiger charge is 2.27. The maximum absolute atomic E-state index is 12.7. The molecule has 1 aliphatic rings. The lowest BCUT2D eigenvalue weighted by Gasteiger charge is -2.33. The fraction of sp³-hybridized carbons (Fsp3) is 0.409. The average molecular weight is 407 g/mol. The van der Waals surface area contributed by atoms with Gasteiger partial charge in [0.1, 0.15) is 6.33 Å². The van der Waals surface area contributed by atoms with E-state index >= 15 is 0 Å². The normalized spacial score (nSPS) is 15.6. The minimum Gasteiger partial charge on any atom is -0.455 e. The molecule has 3 aromatic rings. The molecular weight excluding hydrogens is 382 g/mol. The van der Waals surface area contributed by atoms with Gasteiger partial charge in [-0.3, -0.25) is 9.59 Å². The molecule has 0 aliphatic heterocycles. The van der Waals surface area contributed by atoms with Crippen LogP contribution in [0.1, 0.15) is 47.0 Å². The Kier molecular flexibility index (Phi) is 5.48. The van der Waals surface area contributed by atoms with Crippen LogP contribution in [0.2, 0.25) is 0 Å². The summed E-state index contributed by atoms with van der Waals surface area (Å²) in [5, 5.41) is 4.13. The van der Waals surface area contributed by atoms with Gasteiger partial charge in [0.25, 0.3) is 11.7 Å². The number of aryl methyl sites for hydroxylation is 3. The van der Waals surface area contributed by atoms with E-state index in [-0.39, 0.29) is 25.0 Å². The highest BCUT2D eigenvalue weighted by molar-refractivity contribution is 5.81. The second-order valence-electron chi connectivity index (χ2n) is 7.68. The second-order valence-corrected chi connectivity index (χ2v) is 7.68. The summed E-state index contributed by atoms with van der Waals surface area (Å²) >= 11 is 0. The molecule has 8 heteroatoms. The Morgan fingerprint density at radius 1 is 1.27 bits per heavy atom. The Morgan fingerprint density at radius 2 is 2.07 bits per heavy atom. The molecule has 0 saturated heterocycles. The summed E-state index contributed by atoms with van der Waals surface area (Å²) in [6.07, 6.45) is 4.44. The number of ether oxygens (including phenoxy) is 1. The zero-order chi connectivity index (χ0) is 21.3. The molecule has 0 spiro atoms. The summed E-state index contributed by atoms with van der Waals surface area (Å²) in [4.78, 5) is 35.3. The number of benzene rings is 1. The lowest BCUT2D eigenvalue weighted by atomic mass is 9.87. The topological polar surface area (TPSA) is 89.7 Å². The third kappa shape index (κ3) is 3.77. The number of hydrogen-bond donors (Lipinski definition) is 0. The van der Waals surface area contributed by atoms with Crippen LogP contribution in [0.15, 0.2) is 30.6 Å². The lowest BCUT2D eigenvalue weighted by Crippen LogP contribution is -2.36. The van der Waals surface area contributed by atoms with E-state index < -0.39 is 5.97 Å². The van der Waals surface area contributed by atoms with Gasteiger partial charge in [0.2, 0.25) is 0 Å². The van der Waals surface area contributed by atoms with Gasteiger partial charge in [-0.2, -0.15) is 10.1 Å². The third-order valence-corrected chi connectivity index (χ3v) is 5.87. The first kappa shape index (κ1) is 20.0. The smallest absolute Gasteiger partial charge is 0.310 e. The number of aromatic nitrogens is 4. The predicted octanol–water partition coefficient (Wildman–Crippen LogP) is 2.36. The summed E-state index contributed by atoms with van der Waals surface area (Å²) in [5.41, 5.74) is 4.69. The molecular formula is C22H25N5O3. The fourth-order valence-corrected chi connectivity index (χ4v) is 4.16. The van der Waals surface area contributed by atoms with Gasteiger partial charge in [0.05, 0.1) is 12.5 Å². The largest absolute Gasteiger partial charge is 0.455 e. The molecule has 0 radical (unpaired) electrons. The number of nitrogens with zero attached hydrogens (tertiary/aromatic N) is 5. The third-order valence-electron chi connectivity index (χ3n) is 5.87. The maximum Gasteiger partial charge on any atom is 0.310 e. The van der Waals surface area contributed by atoms with Crippen molar-refractivity contribution in [2.45, 2.75) is 45.6 Å². The molecule has 1 aromatic carbocycles. The fourth-order valence-electron chi connectivity index (χ4n) is 4.16. The van der Waals surface area contributed by atoms with Crippen molar-refractivity contribution in [3.63, 3.8) is 0 Å². The summed E-state index contributed by atoms with van der Waals surface area (Å²) in [5.74, 6) is -0.178. The van der Waals surface area contributed by atoms with Crippen LogP contribution in [-0.2, 0) is 27.2 Å². The molecule has 4 rings (SSSR count). The number of likely N-dealkylation sites (N-methyl/N-ethyl adjacent to an activating group) is 1. The maximum atomic E-state index is 12.7. The van der Waals surface area contributed by atoms with Gasteiger partial charge >= 0.3 is 5.97 Å². The quantitative estimate of drug-likeness (QED) is 0.603. The van der Waals surface area contributed by atoms with Crippen molar-refractivity contribution in [1.29, 1.82) is 0 Å². The van der Waals surface area contributed by atoms with Crippen LogP contribution < -0.4 is 0 Å². The van der Waals surface area contributed by atoms with Gasteiger partial charge in [0, 0.05) is 24.0 Å². The number of carbonyl (C=O) groups excluding carboxylic acids is 2. The highest BCUT2D eigenvalue weighted by atomic mass is 16.5. The molecule has 1 aliphatic carbocycles. The molecule has 1 amide bonds. The Morgan fingerprint density at radius 3 is 2.90 bits per heavy atom. The number of esters is 1. The van der Waals surface area contributed by atoms with Crippen molar-refractivity contribution in [2.75, 3.05) is 13.7 Å². The molecule has 156 valence electrons. The number of hydrogen-bond acceptors (Lipinski definition) is 6. The first-order valence-electron chi connectivity index (χ1n) is 10.1. The number of amides is 1. The van der Waals surface area contributed by atoms with Crippen molar-refractivity contribution in [1.82, 2.24) is 24.5 Å². The minimum atomic E-state index is -0.465. The summed E-state index contributed by atoms with van der Waals surface area (Å²) < 4.78 is 6.90. The van der Waals surface area contributed by atoms with E-state index in [1.807, 2.05) is 26.0 Å². The Balaban J connectivity index is 1.39. The average Bonchev–Trinajstić information content (AvgIpc) is 3.22. The van der Waals surface area contributed by atoms with E-state index in [1.165, 1.54) is 17.5 Å². The lowest BCUT2D eigenvalue weighted by molar-refractivity contribution is -0.152. The predicted molar refractivity (Wildman–Crippen MR) is 110 cm³/mol. The molecule has 0 unspecified atom stereocenters. The molecule has 2 heterocycles. The molecule has 2 aromatic heterocycles. The van der Waals surface area contributed by atoms with Gasteiger partial charge in [0.15, 0.2) is 6.61 Å². The molecule has 30 heavy (non-hydrogen) atoms. The van der Waals surface area contributed by atoms with Crippen LogP contribution in [0.25, 0.3) is 5.78 Å². The van der Waals surface area contributed by atoms with E-state index in [0.29, 0.717) is 11.5 Å². The van der Waals surface area contributed by atoms with Crippen LogP contribution in [0.5, 0.6) is 0 Å². The summed E-state index contributed by atoms with van der Waals surface area (Å²) in [6, 6.07) is 8.24. The van der Waals surface area contributed by atoms with E-state index in [1.54, 1.807) is 16.5 Å². The molecule has 0 saturated carbocycles. The van der Waals surface area contributed by atoms with Crippen molar-refractivity contribution < 1.29 is 14.3 Å². The molecule has 0 bridgehead atoms. The number of fused-ring (bicyclic) bond motifs is 2. The van der Waals surface area contributed by atoms with Gasteiger partial charge < -0.3 is 9.64 Å². The first-order valence-corrected chi connectivity index (χ1v) is 10.1. The zero-order valence-electron chi connectivity index (χ0n) is 17.5. The highest BCUT2D eigenvalue weighted by Crippen LogP contribution is 2.33. The summed E-state index contributed by atoms with van der Waals surface area (Å²) in [6.45, 7) is 3.41. The van der Waals surface area contributed by atoms with Crippen molar-refractivity contribution in [3.05, 3.63) is 58.7 Å². The van der Waals surface area contributed by atoms with Crippen LogP contribution in [-0.4, -0.2) is 50.0 Å². The van der Waals surface area contributed by atoms with Gasteiger partial charge in [-0.05, 0) is 44.2 Å². The monoisotopic (exact) mass is 407 g/mol. The Bertz CT molecular complexity index is 1110. The van der Waals surface area contributed by atoms with Crippen LogP contribution >= 0.6 is 0 Å². The van der Waals surface area contributed by atoms with Crippen molar-refractivity contribution in [2.24, 2.45) is 0 Å². The molecule has 0 fully saturated rings. The first-order chi connectivity index (χ1) is 14.5. The van der Waals surface area contributed by atoms with Crippen LogP contribution in [0.4, 0.5) is 0 Å². The van der Waals surface area contributed by atoms with Crippen molar-refractivity contribution >= 4 is 17.7 Å². The minimum absolute atomic E-state index is 0.0181. The van der Waals surface area contributed by atoms with Gasteiger partial charge in [-0.1, -0.05) is 24.3 Å². The van der Waals surface area contributed by atoms with E-state index in [2.05, 4.69) is 27.2 Å². The van der Waals surface area contributed by atoms with Crippen LogP contribution in [0.3, 0.4) is 0 Å². The Hall–Kier alpha value is -3.29. The van der Waals surface area contributed by atoms with E-state index in [9.17, 15) is 9.59 Å². The standard InChI is InChI=1S/C22H25N5O3/c1-14-18(15(2)27-22(25-14)23-13-24-27)11-21(29)30-12-20(28)26(3)19-10-6-8-16-7-4-5-9-17(16)19/h4-5,7,9,13,19H,6,8,10-12H2,1-3H3/t19-/m0/s1. The number of carbonyl (C=O) groups is 2. The van der Waals surface area contributed by atoms with Crippen LogP contribution in [0, 0.1) is 13.8 Å².